The summed E-state index contributed by atoms with van der Waals surface area (Å²) in [6.07, 6.45) is 4.34. The van der Waals surface area contributed by atoms with E-state index in [0.29, 0.717) is 24.0 Å². The Balaban J connectivity index is 2.14. The van der Waals surface area contributed by atoms with Crippen LogP contribution in [0.1, 0.15) is 46.0 Å². The van der Waals surface area contributed by atoms with E-state index in [-0.39, 0.29) is 11.8 Å². The summed E-state index contributed by atoms with van der Waals surface area (Å²) in [5.41, 5.74) is 0. The minimum absolute atomic E-state index is 0.122. The van der Waals surface area contributed by atoms with Gasteiger partial charge in [-0.25, -0.2) is 8.42 Å². The zero-order valence-electron chi connectivity index (χ0n) is 11.4. The van der Waals surface area contributed by atoms with Crippen molar-refractivity contribution in [3.05, 3.63) is 0 Å². The first-order valence-corrected chi connectivity index (χ1v) is 8.78. The van der Waals surface area contributed by atoms with E-state index in [4.69, 9.17) is 0 Å². The largest absolute Gasteiger partial charge is 0.356 e. The minimum atomic E-state index is -2.76. The average molecular weight is 275 g/mol. The lowest BCUT2D eigenvalue weighted by Gasteiger charge is -2.13. The topological polar surface area (TPSA) is 63.2 Å². The first-order valence-electron chi connectivity index (χ1n) is 6.96. The molecule has 1 rings (SSSR count). The molecule has 106 valence electrons. The van der Waals surface area contributed by atoms with Crippen molar-refractivity contribution in [3.8, 4) is 0 Å². The van der Waals surface area contributed by atoms with Crippen molar-refractivity contribution < 1.29 is 13.2 Å². The number of sulfone groups is 1. The number of amides is 1. The third kappa shape index (κ3) is 4.96. The average Bonchev–Trinajstić information content (AvgIpc) is 2.66. The molecule has 0 aromatic carbocycles. The van der Waals surface area contributed by atoms with Crippen molar-refractivity contribution in [2.75, 3.05) is 18.1 Å². The number of rotatable bonds is 7. The molecule has 1 aliphatic rings. The van der Waals surface area contributed by atoms with Gasteiger partial charge in [0.2, 0.25) is 5.91 Å². The lowest BCUT2D eigenvalue weighted by atomic mass is 10.0. The van der Waals surface area contributed by atoms with Crippen LogP contribution in [0, 0.1) is 11.8 Å². The maximum Gasteiger partial charge on any atom is 0.223 e. The van der Waals surface area contributed by atoms with E-state index < -0.39 is 9.84 Å². The van der Waals surface area contributed by atoms with Gasteiger partial charge in [-0.05, 0) is 38.0 Å². The maximum absolute atomic E-state index is 11.7. The number of nitrogens with one attached hydrogen (secondary N) is 1. The minimum Gasteiger partial charge on any atom is -0.356 e. The Hall–Kier alpha value is -0.580. The second kappa shape index (κ2) is 7.12. The molecule has 1 fully saturated rings. The molecule has 0 bridgehead atoms. The molecule has 18 heavy (non-hydrogen) atoms. The third-order valence-corrected chi connectivity index (χ3v) is 5.61. The molecule has 4 nitrogen and oxygen atoms in total. The molecule has 0 aromatic heterocycles. The fraction of sp³-hybridized carbons (Fsp3) is 0.923. The van der Waals surface area contributed by atoms with Crippen LogP contribution in [0.2, 0.25) is 0 Å². The first kappa shape index (κ1) is 15.5. The van der Waals surface area contributed by atoms with Crippen molar-refractivity contribution in [2.45, 2.75) is 46.0 Å². The van der Waals surface area contributed by atoms with Gasteiger partial charge in [-0.1, -0.05) is 13.8 Å². The molecule has 1 aliphatic heterocycles. The molecular formula is C13H25NO3S. The maximum atomic E-state index is 11.7. The SMILES string of the molecule is CCC(CC)C(=O)NCCCC1CCS(=O)(=O)C1. The predicted octanol–water partition coefficient (Wildman–Crippen LogP) is 1.75. The van der Waals surface area contributed by atoms with Crippen molar-refractivity contribution in [3.63, 3.8) is 0 Å². The van der Waals surface area contributed by atoms with Gasteiger partial charge in [0.25, 0.3) is 0 Å². The van der Waals surface area contributed by atoms with Crippen molar-refractivity contribution in [2.24, 2.45) is 11.8 Å². The molecule has 0 aromatic rings. The van der Waals surface area contributed by atoms with Gasteiger partial charge in [0.15, 0.2) is 9.84 Å². The second-order valence-corrected chi connectivity index (χ2v) is 7.44. The molecule has 1 heterocycles. The summed E-state index contributed by atoms with van der Waals surface area (Å²) in [7, 11) is -2.76. The highest BCUT2D eigenvalue weighted by atomic mass is 32.2. The Morgan fingerprint density at radius 3 is 2.50 bits per heavy atom. The molecule has 0 saturated carbocycles. The van der Waals surface area contributed by atoms with Crippen LogP contribution in [-0.2, 0) is 14.6 Å². The molecule has 1 amide bonds. The molecule has 0 aliphatic carbocycles. The Labute approximate surface area is 110 Å². The van der Waals surface area contributed by atoms with E-state index in [1.165, 1.54) is 0 Å². The Bertz CT molecular complexity index is 360. The highest BCUT2D eigenvalue weighted by Gasteiger charge is 2.27. The van der Waals surface area contributed by atoms with E-state index in [0.717, 1.165) is 32.1 Å². The van der Waals surface area contributed by atoms with E-state index in [2.05, 4.69) is 5.32 Å². The van der Waals surface area contributed by atoms with Crippen LogP contribution in [0.15, 0.2) is 0 Å². The summed E-state index contributed by atoms with van der Waals surface area (Å²) in [6.45, 7) is 4.72. The Morgan fingerprint density at radius 2 is 2.00 bits per heavy atom. The van der Waals surface area contributed by atoms with Crippen LogP contribution in [0.4, 0.5) is 0 Å². The van der Waals surface area contributed by atoms with Crippen molar-refractivity contribution in [1.82, 2.24) is 5.32 Å². The van der Waals surface area contributed by atoms with Gasteiger partial charge in [-0.15, -0.1) is 0 Å². The second-order valence-electron chi connectivity index (χ2n) is 5.22. The van der Waals surface area contributed by atoms with Crippen LogP contribution in [0.25, 0.3) is 0 Å². The summed E-state index contributed by atoms with van der Waals surface area (Å²) in [4.78, 5) is 11.7. The fourth-order valence-corrected chi connectivity index (χ4v) is 4.42. The third-order valence-electron chi connectivity index (χ3n) is 3.77. The smallest absolute Gasteiger partial charge is 0.223 e. The van der Waals surface area contributed by atoms with Crippen LogP contribution in [-0.4, -0.2) is 32.4 Å². The Morgan fingerprint density at radius 1 is 1.33 bits per heavy atom. The van der Waals surface area contributed by atoms with Crippen LogP contribution < -0.4 is 5.32 Å². The van der Waals surface area contributed by atoms with Crippen LogP contribution in [0.5, 0.6) is 0 Å². The summed E-state index contributed by atoms with van der Waals surface area (Å²) in [5, 5.41) is 2.94. The zero-order valence-corrected chi connectivity index (χ0v) is 12.3. The summed E-state index contributed by atoms with van der Waals surface area (Å²) in [6, 6.07) is 0. The molecule has 1 unspecified atom stereocenters. The highest BCUT2D eigenvalue weighted by Crippen LogP contribution is 2.22. The van der Waals surface area contributed by atoms with Gasteiger partial charge in [-0.2, -0.15) is 0 Å². The number of carbonyl (C=O) groups excluding carboxylic acids is 1. The molecular weight excluding hydrogens is 250 g/mol. The van der Waals surface area contributed by atoms with Crippen LogP contribution in [0.3, 0.4) is 0 Å². The molecule has 1 N–H and O–H groups in total. The van der Waals surface area contributed by atoms with E-state index in [1.807, 2.05) is 13.8 Å². The van der Waals surface area contributed by atoms with Crippen LogP contribution >= 0.6 is 0 Å². The monoisotopic (exact) mass is 275 g/mol. The molecule has 1 saturated heterocycles. The Kier molecular flexibility index (Phi) is 6.12. The molecule has 0 radical (unpaired) electrons. The highest BCUT2D eigenvalue weighted by molar-refractivity contribution is 7.91. The molecule has 0 spiro atoms. The lowest BCUT2D eigenvalue weighted by Crippen LogP contribution is -2.31. The van der Waals surface area contributed by atoms with Gasteiger partial charge in [-0.3, -0.25) is 4.79 Å². The molecule has 5 heteroatoms. The van der Waals surface area contributed by atoms with Crippen molar-refractivity contribution in [1.29, 1.82) is 0 Å². The lowest BCUT2D eigenvalue weighted by molar-refractivity contribution is -0.125. The van der Waals surface area contributed by atoms with E-state index in [9.17, 15) is 13.2 Å². The fourth-order valence-electron chi connectivity index (χ4n) is 2.51. The standard InChI is InChI=1S/C13H25NO3S/c1-3-12(4-2)13(15)14-8-5-6-11-7-9-18(16,17)10-11/h11-12H,3-10H2,1-2H3,(H,14,15). The summed E-state index contributed by atoms with van der Waals surface area (Å²) in [5.74, 6) is 1.25. The predicted molar refractivity (Wildman–Crippen MR) is 73.1 cm³/mol. The normalized spacial score (nSPS) is 22.3. The van der Waals surface area contributed by atoms with Gasteiger partial charge in [0, 0.05) is 12.5 Å². The summed E-state index contributed by atoms with van der Waals surface area (Å²) >= 11 is 0. The van der Waals surface area contributed by atoms with Gasteiger partial charge in [0.05, 0.1) is 11.5 Å². The number of hydrogen-bond acceptors (Lipinski definition) is 3. The number of carbonyl (C=O) groups is 1. The molecule has 1 atom stereocenters. The summed E-state index contributed by atoms with van der Waals surface area (Å²) < 4.78 is 22.6. The van der Waals surface area contributed by atoms with E-state index in [1.54, 1.807) is 0 Å². The van der Waals surface area contributed by atoms with Gasteiger partial charge in [0.1, 0.15) is 0 Å². The zero-order chi connectivity index (χ0) is 13.6. The first-order chi connectivity index (χ1) is 8.48. The quantitative estimate of drug-likeness (QED) is 0.720. The number of hydrogen-bond donors (Lipinski definition) is 1. The van der Waals surface area contributed by atoms with E-state index >= 15 is 0 Å². The van der Waals surface area contributed by atoms with Crippen molar-refractivity contribution >= 4 is 15.7 Å². The van der Waals surface area contributed by atoms with Gasteiger partial charge < -0.3 is 5.32 Å². The van der Waals surface area contributed by atoms with Gasteiger partial charge >= 0.3 is 0 Å².